The van der Waals surface area contributed by atoms with Gasteiger partial charge in [0.2, 0.25) is 5.88 Å². The van der Waals surface area contributed by atoms with E-state index in [0.29, 0.717) is 5.88 Å². The van der Waals surface area contributed by atoms with Gasteiger partial charge >= 0.3 is 0 Å². The molecule has 0 aliphatic carbocycles. The second-order valence-electron chi connectivity index (χ2n) is 5.08. The highest BCUT2D eigenvalue weighted by atomic mass is 16.7. The molecular weight excluding hydrogens is 244 g/mol. The average Bonchev–Trinajstić information content (AvgIpc) is 2.88. The lowest BCUT2D eigenvalue weighted by molar-refractivity contribution is -0.169. The molecule has 1 spiro atoms. The van der Waals surface area contributed by atoms with Gasteiger partial charge in [-0.2, -0.15) is 0 Å². The van der Waals surface area contributed by atoms with Crippen molar-refractivity contribution in [1.82, 2.24) is 4.98 Å². The summed E-state index contributed by atoms with van der Waals surface area (Å²) in [5.41, 5.74) is 2.29. The van der Waals surface area contributed by atoms with Crippen LogP contribution in [0, 0.1) is 6.92 Å². The molecule has 2 aliphatic heterocycles. The molecule has 5 nitrogen and oxygen atoms in total. The van der Waals surface area contributed by atoms with E-state index in [1.807, 2.05) is 6.07 Å². The van der Waals surface area contributed by atoms with E-state index in [1.54, 1.807) is 13.3 Å². The molecule has 0 saturated carbocycles. The van der Waals surface area contributed by atoms with E-state index >= 15 is 0 Å². The van der Waals surface area contributed by atoms with Crippen LogP contribution in [-0.4, -0.2) is 44.2 Å². The van der Waals surface area contributed by atoms with Crippen molar-refractivity contribution in [2.75, 3.05) is 38.3 Å². The molecule has 2 aliphatic rings. The van der Waals surface area contributed by atoms with Gasteiger partial charge in [0, 0.05) is 32.1 Å². The van der Waals surface area contributed by atoms with Gasteiger partial charge in [-0.3, -0.25) is 0 Å². The Hall–Kier alpha value is -1.33. The molecule has 2 fully saturated rings. The molecule has 19 heavy (non-hydrogen) atoms. The lowest BCUT2D eigenvalue weighted by Gasteiger charge is -2.39. The van der Waals surface area contributed by atoms with Gasteiger partial charge in [0.05, 0.1) is 20.3 Å². The summed E-state index contributed by atoms with van der Waals surface area (Å²) in [6.45, 7) is 5.34. The Kier molecular flexibility index (Phi) is 3.33. The van der Waals surface area contributed by atoms with E-state index < -0.39 is 0 Å². The number of piperidine rings is 1. The monoisotopic (exact) mass is 264 g/mol. The van der Waals surface area contributed by atoms with E-state index in [0.717, 1.165) is 44.8 Å². The molecule has 0 N–H and O–H groups in total. The lowest BCUT2D eigenvalue weighted by atomic mass is 10.0. The average molecular weight is 264 g/mol. The number of hydrogen-bond donors (Lipinski definition) is 0. The number of methoxy groups -OCH3 is 1. The fourth-order valence-corrected chi connectivity index (χ4v) is 2.92. The summed E-state index contributed by atoms with van der Waals surface area (Å²) in [7, 11) is 1.67. The standard InChI is InChI=1S/C14H20N2O3/c1-11-3-6-15-13(17-2)12(11)16-7-4-14(5-8-16)18-9-10-19-14/h3,6H,4-5,7-10H2,1-2H3. The Morgan fingerprint density at radius 3 is 2.58 bits per heavy atom. The highest BCUT2D eigenvalue weighted by Gasteiger charge is 2.40. The maximum atomic E-state index is 5.76. The summed E-state index contributed by atoms with van der Waals surface area (Å²) >= 11 is 0. The minimum atomic E-state index is -0.333. The third-order valence-corrected chi connectivity index (χ3v) is 3.94. The minimum Gasteiger partial charge on any atom is -0.480 e. The van der Waals surface area contributed by atoms with Crippen LogP contribution in [0.5, 0.6) is 5.88 Å². The molecule has 0 bridgehead atoms. The second kappa shape index (κ2) is 4.98. The summed E-state index contributed by atoms with van der Waals surface area (Å²) < 4.78 is 16.9. The van der Waals surface area contributed by atoms with E-state index in [9.17, 15) is 0 Å². The van der Waals surface area contributed by atoms with E-state index in [4.69, 9.17) is 14.2 Å². The number of anilines is 1. The van der Waals surface area contributed by atoms with Crippen molar-refractivity contribution >= 4 is 5.69 Å². The first-order valence-corrected chi connectivity index (χ1v) is 6.76. The molecular formula is C14H20N2O3. The largest absolute Gasteiger partial charge is 0.480 e. The highest BCUT2D eigenvalue weighted by molar-refractivity contribution is 5.60. The Morgan fingerprint density at radius 2 is 1.95 bits per heavy atom. The topological polar surface area (TPSA) is 43.8 Å². The molecule has 104 valence electrons. The van der Waals surface area contributed by atoms with Crippen LogP contribution in [0.2, 0.25) is 0 Å². The van der Waals surface area contributed by atoms with Crippen LogP contribution in [0.15, 0.2) is 12.3 Å². The zero-order valence-electron chi connectivity index (χ0n) is 11.5. The van der Waals surface area contributed by atoms with E-state index in [1.165, 1.54) is 5.56 Å². The third-order valence-electron chi connectivity index (χ3n) is 3.94. The van der Waals surface area contributed by atoms with Crippen molar-refractivity contribution in [3.63, 3.8) is 0 Å². The zero-order valence-corrected chi connectivity index (χ0v) is 11.5. The number of hydrogen-bond acceptors (Lipinski definition) is 5. The van der Waals surface area contributed by atoms with Gasteiger partial charge in [-0.25, -0.2) is 4.98 Å². The predicted molar refractivity (Wildman–Crippen MR) is 71.6 cm³/mol. The van der Waals surface area contributed by atoms with Gasteiger partial charge in [0.15, 0.2) is 5.79 Å². The third kappa shape index (κ3) is 2.28. The van der Waals surface area contributed by atoms with Crippen LogP contribution < -0.4 is 9.64 Å². The number of aromatic nitrogens is 1. The predicted octanol–water partition coefficient (Wildman–Crippen LogP) is 1.74. The molecule has 0 amide bonds. The number of pyridine rings is 1. The number of nitrogens with zero attached hydrogens (tertiary/aromatic N) is 2. The van der Waals surface area contributed by atoms with Crippen LogP contribution >= 0.6 is 0 Å². The number of ether oxygens (including phenoxy) is 3. The number of rotatable bonds is 2. The Bertz CT molecular complexity index is 448. The summed E-state index contributed by atoms with van der Waals surface area (Å²) in [5.74, 6) is 0.365. The van der Waals surface area contributed by atoms with Crippen molar-refractivity contribution in [2.24, 2.45) is 0 Å². The number of aryl methyl sites for hydroxylation is 1. The maximum absolute atomic E-state index is 5.76. The summed E-state index contributed by atoms with van der Waals surface area (Å²) in [4.78, 5) is 6.61. The molecule has 1 aromatic rings. The van der Waals surface area contributed by atoms with Crippen molar-refractivity contribution in [3.8, 4) is 5.88 Å². The summed E-state index contributed by atoms with van der Waals surface area (Å²) in [6.07, 6.45) is 3.57. The summed E-state index contributed by atoms with van der Waals surface area (Å²) in [5, 5.41) is 0. The first-order chi connectivity index (χ1) is 9.24. The fraction of sp³-hybridized carbons (Fsp3) is 0.643. The van der Waals surface area contributed by atoms with Gasteiger partial charge in [-0.1, -0.05) is 0 Å². The van der Waals surface area contributed by atoms with Crippen LogP contribution in [0.25, 0.3) is 0 Å². The maximum Gasteiger partial charge on any atom is 0.237 e. The quantitative estimate of drug-likeness (QED) is 0.814. The van der Waals surface area contributed by atoms with Gasteiger partial charge in [-0.05, 0) is 18.6 Å². The summed E-state index contributed by atoms with van der Waals surface area (Å²) in [6, 6.07) is 2.02. The van der Waals surface area contributed by atoms with Crippen molar-refractivity contribution in [2.45, 2.75) is 25.6 Å². The fourth-order valence-electron chi connectivity index (χ4n) is 2.92. The van der Waals surface area contributed by atoms with E-state index in [2.05, 4.69) is 16.8 Å². The van der Waals surface area contributed by atoms with Gasteiger partial charge in [0.25, 0.3) is 0 Å². The molecule has 0 atom stereocenters. The van der Waals surface area contributed by atoms with Crippen LogP contribution in [0.4, 0.5) is 5.69 Å². The molecule has 0 aromatic carbocycles. The minimum absolute atomic E-state index is 0.333. The van der Waals surface area contributed by atoms with Gasteiger partial charge in [-0.15, -0.1) is 0 Å². The second-order valence-corrected chi connectivity index (χ2v) is 5.08. The Balaban J connectivity index is 1.78. The Morgan fingerprint density at radius 1 is 1.26 bits per heavy atom. The molecule has 5 heteroatoms. The van der Waals surface area contributed by atoms with Crippen molar-refractivity contribution in [3.05, 3.63) is 17.8 Å². The van der Waals surface area contributed by atoms with Crippen molar-refractivity contribution in [1.29, 1.82) is 0 Å². The van der Waals surface area contributed by atoms with Crippen molar-refractivity contribution < 1.29 is 14.2 Å². The zero-order chi connectivity index (χ0) is 13.3. The molecule has 3 heterocycles. The lowest BCUT2D eigenvalue weighted by Crippen LogP contribution is -2.45. The van der Waals surface area contributed by atoms with E-state index in [-0.39, 0.29) is 5.79 Å². The normalized spacial score (nSPS) is 21.9. The van der Waals surface area contributed by atoms with Gasteiger partial charge < -0.3 is 19.1 Å². The molecule has 0 unspecified atom stereocenters. The first kappa shape index (κ1) is 12.7. The SMILES string of the molecule is COc1nccc(C)c1N1CCC2(CC1)OCCO2. The van der Waals surface area contributed by atoms with Crippen LogP contribution in [0.1, 0.15) is 18.4 Å². The molecule has 2 saturated heterocycles. The smallest absolute Gasteiger partial charge is 0.237 e. The van der Waals surface area contributed by atoms with Gasteiger partial charge in [0.1, 0.15) is 5.69 Å². The molecule has 3 rings (SSSR count). The Labute approximate surface area is 113 Å². The molecule has 0 radical (unpaired) electrons. The van der Waals surface area contributed by atoms with Crippen LogP contribution in [-0.2, 0) is 9.47 Å². The molecule has 1 aromatic heterocycles. The first-order valence-electron chi connectivity index (χ1n) is 6.76. The van der Waals surface area contributed by atoms with Crippen LogP contribution in [0.3, 0.4) is 0 Å². The highest BCUT2D eigenvalue weighted by Crippen LogP contribution is 2.37.